The number of nitrogens with zero attached hydrogens (tertiary/aromatic N) is 3. The van der Waals surface area contributed by atoms with Crippen LogP contribution in [0.15, 0.2) is 5.11 Å². The second-order valence-corrected chi connectivity index (χ2v) is 12.1. The monoisotopic (exact) mass is 570 g/mol. The van der Waals surface area contributed by atoms with Crippen molar-refractivity contribution < 1.29 is 38.2 Å². The summed E-state index contributed by atoms with van der Waals surface area (Å²) in [6.07, 6.45) is 0.858. The molecule has 228 valence electrons. The van der Waals surface area contributed by atoms with Crippen molar-refractivity contribution in [3.63, 3.8) is 0 Å². The number of hydrogen-bond acceptors (Lipinski definition) is 9. The third kappa shape index (κ3) is 19.5. The zero-order valence-corrected chi connectivity index (χ0v) is 25.2. The molecular formula is C26H46N6O8. The number of amides is 3. The number of ether oxygens (including phenoxy) is 3. The van der Waals surface area contributed by atoms with Crippen molar-refractivity contribution in [2.75, 3.05) is 13.1 Å². The highest BCUT2D eigenvalue weighted by atomic mass is 16.6. The molecule has 0 aromatic rings. The predicted octanol–water partition coefficient (Wildman–Crippen LogP) is 3.42. The van der Waals surface area contributed by atoms with E-state index in [4.69, 9.17) is 19.7 Å². The minimum atomic E-state index is -1.18. The number of esters is 3. The third-order valence-corrected chi connectivity index (χ3v) is 4.57. The summed E-state index contributed by atoms with van der Waals surface area (Å²) in [6.45, 7) is 15.2. The van der Waals surface area contributed by atoms with E-state index in [9.17, 15) is 24.0 Å². The average molecular weight is 571 g/mol. The summed E-state index contributed by atoms with van der Waals surface area (Å²) < 4.78 is 16.1. The van der Waals surface area contributed by atoms with Gasteiger partial charge in [-0.3, -0.25) is 9.59 Å². The minimum absolute atomic E-state index is 0.0795. The molecule has 0 saturated carbocycles. The predicted molar refractivity (Wildman–Crippen MR) is 147 cm³/mol. The molecule has 0 saturated heterocycles. The number of carbonyl (C=O) groups is 5. The Kier molecular flexibility index (Phi) is 15.1. The fourth-order valence-corrected chi connectivity index (χ4v) is 3.11. The lowest BCUT2D eigenvalue weighted by molar-refractivity contribution is -0.159. The van der Waals surface area contributed by atoms with Gasteiger partial charge < -0.3 is 30.2 Å². The zero-order chi connectivity index (χ0) is 31.1. The number of azide groups is 1. The fraction of sp³-hybridized carbons (Fsp3) is 0.808. The molecule has 40 heavy (non-hydrogen) atoms. The van der Waals surface area contributed by atoms with E-state index in [0.29, 0.717) is 12.8 Å². The number of carbonyl (C=O) groups excluding carboxylic acids is 5. The van der Waals surface area contributed by atoms with Gasteiger partial charge in [-0.25, -0.2) is 14.4 Å². The molecule has 0 aliphatic carbocycles. The quantitative estimate of drug-likeness (QED) is 0.0704. The lowest BCUT2D eigenvalue weighted by atomic mass is 10.1. The zero-order valence-electron chi connectivity index (χ0n) is 25.2. The molecule has 0 aliphatic rings. The van der Waals surface area contributed by atoms with Crippen molar-refractivity contribution in [3.8, 4) is 0 Å². The fourth-order valence-electron chi connectivity index (χ4n) is 3.11. The summed E-state index contributed by atoms with van der Waals surface area (Å²) in [7, 11) is 0. The van der Waals surface area contributed by atoms with Gasteiger partial charge in [0.1, 0.15) is 35.4 Å². The van der Waals surface area contributed by atoms with Crippen LogP contribution in [0, 0.1) is 0 Å². The van der Waals surface area contributed by atoms with Gasteiger partial charge in [-0.2, -0.15) is 0 Å². The topological polar surface area (TPSA) is 198 Å². The second-order valence-electron chi connectivity index (χ2n) is 12.1. The summed E-state index contributed by atoms with van der Waals surface area (Å²) in [4.78, 5) is 64.8. The molecule has 0 heterocycles. The third-order valence-electron chi connectivity index (χ3n) is 4.57. The van der Waals surface area contributed by atoms with Crippen molar-refractivity contribution in [1.29, 1.82) is 0 Å². The molecule has 0 bridgehead atoms. The van der Waals surface area contributed by atoms with Gasteiger partial charge in [0.25, 0.3) is 0 Å². The van der Waals surface area contributed by atoms with Gasteiger partial charge in [0.15, 0.2) is 0 Å². The molecule has 3 amide bonds. The Bertz CT molecular complexity index is 927. The molecule has 0 aromatic heterocycles. The summed E-state index contributed by atoms with van der Waals surface area (Å²) >= 11 is 0. The van der Waals surface area contributed by atoms with Crippen LogP contribution in [0.4, 0.5) is 4.79 Å². The van der Waals surface area contributed by atoms with Crippen LogP contribution < -0.4 is 16.0 Å². The molecule has 0 fully saturated rings. The van der Waals surface area contributed by atoms with E-state index in [1.807, 2.05) is 0 Å². The average Bonchev–Trinajstić information content (AvgIpc) is 2.75. The SMILES string of the molecule is CC(C)(C)OC(=O)CC[C@H](NC(=O)N[C@H](CCCCNC(=O)CN=[N+]=[N-])C(=O)OC(C)(C)C)C(=O)OC(C)(C)C. The number of unbranched alkanes of at least 4 members (excludes halogenated alkanes) is 1. The first-order valence-electron chi connectivity index (χ1n) is 13.2. The van der Waals surface area contributed by atoms with Gasteiger partial charge in [0, 0.05) is 17.9 Å². The Morgan fingerprint density at radius 1 is 0.750 bits per heavy atom. The van der Waals surface area contributed by atoms with E-state index in [1.54, 1.807) is 62.3 Å². The van der Waals surface area contributed by atoms with Crippen LogP contribution in [-0.4, -0.2) is 71.8 Å². The van der Waals surface area contributed by atoms with E-state index < -0.39 is 58.7 Å². The number of hydrogen-bond donors (Lipinski definition) is 3. The highest BCUT2D eigenvalue weighted by molar-refractivity contribution is 5.87. The maximum atomic E-state index is 12.9. The highest BCUT2D eigenvalue weighted by Crippen LogP contribution is 2.15. The second kappa shape index (κ2) is 16.5. The minimum Gasteiger partial charge on any atom is -0.460 e. The van der Waals surface area contributed by atoms with Gasteiger partial charge in [-0.05, 0) is 93.5 Å². The first-order valence-corrected chi connectivity index (χ1v) is 13.2. The maximum Gasteiger partial charge on any atom is 0.329 e. The molecule has 0 aromatic carbocycles. The van der Waals surface area contributed by atoms with Crippen LogP contribution in [-0.2, 0) is 33.4 Å². The Labute approximate surface area is 236 Å². The van der Waals surface area contributed by atoms with E-state index in [1.165, 1.54) is 0 Å². The molecule has 14 heteroatoms. The Morgan fingerprint density at radius 2 is 1.23 bits per heavy atom. The van der Waals surface area contributed by atoms with E-state index in [0.717, 1.165) is 0 Å². The molecule has 0 unspecified atom stereocenters. The van der Waals surface area contributed by atoms with Crippen molar-refractivity contribution in [2.45, 2.75) is 123 Å². The van der Waals surface area contributed by atoms with Gasteiger partial charge in [0.05, 0.1) is 0 Å². The first-order chi connectivity index (χ1) is 18.2. The van der Waals surface area contributed by atoms with Crippen molar-refractivity contribution in [1.82, 2.24) is 16.0 Å². The number of rotatable bonds is 14. The van der Waals surface area contributed by atoms with Crippen molar-refractivity contribution in [3.05, 3.63) is 10.4 Å². The summed E-state index contributed by atoms with van der Waals surface area (Å²) in [5.41, 5.74) is 5.91. The van der Waals surface area contributed by atoms with Gasteiger partial charge in [0.2, 0.25) is 5.91 Å². The molecule has 2 atom stereocenters. The standard InChI is InChI=1S/C26H46N6O8/c1-24(2,3)38-20(34)14-13-18(22(36)40-26(7,8)9)31-23(37)30-17(21(35)39-25(4,5)6)12-10-11-15-28-19(33)16-29-32-27/h17-18H,10-16H2,1-9H3,(H,28,33)(H2,30,31,37)/t17-,18+/m1/s1. The highest BCUT2D eigenvalue weighted by Gasteiger charge is 2.31. The smallest absolute Gasteiger partial charge is 0.329 e. The summed E-state index contributed by atoms with van der Waals surface area (Å²) in [6, 6.07) is -3.06. The lowest BCUT2D eigenvalue weighted by Crippen LogP contribution is -2.53. The van der Waals surface area contributed by atoms with Crippen LogP contribution in [0.1, 0.15) is 94.4 Å². The van der Waals surface area contributed by atoms with Crippen LogP contribution >= 0.6 is 0 Å². The maximum absolute atomic E-state index is 12.9. The first kappa shape index (κ1) is 36.5. The van der Waals surface area contributed by atoms with Crippen molar-refractivity contribution >= 4 is 29.8 Å². The molecule has 0 aliphatic heterocycles. The normalized spacial score (nSPS) is 13.1. The lowest BCUT2D eigenvalue weighted by Gasteiger charge is -2.27. The van der Waals surface area contributed by atoms with Crippen molar-refractivity contribution in [2.24, 2.45) is 5.11 Å². The Balaban J connectivity index is 5.38. The Hall–Kier alpha value is -3.54. The summed E-state index contributed by atoms with van der Waals surface area (Å²) in [5, 5.41) is 10.8. The molecule has 0 rings (SSSR count). The summed E-state index contributed by atoms with van der Waals surface area (Å²) in [5.74, 6) is -2.38. The molecule has 0 radical (unpaired) electrons. The number of nitrogens with one attached hydrogen (secondary N) is 3. The Morgan fingerprint density at radius 3 is 1.68 bits per heavy atom. The van der Waals surface area contributed by atoms with Crippen LogP contribution in [0.3, 0.4) is 0 Å². The number of urea groups is 1. The van der Waals surface area contributed by atoms with Gasteiger partial charge in [-0.15, -0.1) is 0 Å². The largest absolute Gasteiger partial charge is 0.460 e. The van der Waals surface area contributed by atoms with Gasteiger partial charge >= 0.3 is 23.9 Å². The molecule has 3 N–H and O–H groups in total. The van der Waals surface area contributed by atoms with Crippen LogP contribution in [0.25, 0.3) is 10.4 Å². The molecule has 0 spiro atoms. The van der Waals surface area contributed by atoms with Crippen LogP contribution in [0.5, 0.6) is 0 Å². The van der Waals surface area contributed by atoms with Gasteiger partial charge in [-0.1, -0.05) is 5.11 Å². The molecule has 14 nitrogen and oxygen atoms in total. The molecular weight excluding hydrogens is 524 g/mol. The van der Waals surface area contributed by atoms with E-state index in [2.05, 4.69) is 26.0 Å². The van der Waals surface area contributed by atoms with E-state index >= 15 is 0 Å². The van der Waals surface area contributed by atoms with E-state index in [-0.39, 0.29) is 32.4 Å². The van der Waals surface area contributed by atoms with Crippen LogP contribution in [0.2, 0.25) is 0 Å².